The van der Waals surface area contributed by atoms with Crippen LogP contribution in [0.2, 0.25) is 0 Å². The quantitative estimate of drug-likeness (QED) is 0.918. The van der Waals surface area contributed by atoms with Gasteiger partial charge in [0, 0.05) is 38.2 Å². The molecule has 1 aliphatic rings. The first-order valence-electron chi connectivity index (χ1n) is 8.15. The lowest BCUT2D eigenvalue weighted by Gasteiger charge is -2.32. The van der Waals surface area contributed by atoms with Crippen molar-refractivity contribution in [2.45, 2.75) is 19.3 Å². The molecule has 0 bridgehead atoms. The maximum atomic E-state index is 12.4. The van der Waals surface area contributed by atoms with Gasteiger partial charge in [-0.1, -0.05) is 12.1 Å². The fourth-order valence-electron chi connectivity index (χ4n) is 2.96. The smallest absolute Gasteiger partial charge is 0.224 e. The van der Waals surface area contributed by atoms with E-state index >= 15 is 0 Å². The Morgan fingerprint density at radius 2 is 2.22 bits per heavy atom. The molecule has 1 unspecified atom stereocenters. The Morgan fingerprint density at radius 1 is 1.26 bits per heavy atom. The van der Waals surface area contributed by atoms with Crippen LogP contribution in [0.3, 0.4) is 0 Å². The second-order valence-electron chi connectivity index (χ2n) is 5.88. The lowest BCUT2D eigenvalue weighted by Crippen LogP contribution is -2.43. The number of amides is 1. The van der Waals surface area contributed by atoms with E-state index in [-0.39, 0.29) is 11.8 Å². The number of nitrogens with zero attached hydrogens (tertiary/aromatic N) is 3. The highest BCUT2D eigenvalue weighted by Gasteiger charge is 2.26. The third-order valence-corrected chi connectivity index (χ3v) is 4.20. The molecule has 5 nitrogen and oxygen atoms in total. The van der Waals surface area contributed by atoms with E-state index in [4.69, 9.17) is 0 Å². The van der Waals surface area contributed by atoms with Crippen molar-refractivity contribution in [3.05, 3.63) is 54.5 Å². The van der Waals surface area contributed by atoms with Crippen LogP contribution in [0.15, 0.2) is 48.9 Å². The van der Waals surface area contributed by atoms with E-state index in [1.807, 2.05) is 36.5 Å². The van der Waals surface area contributed by atoms with Gasteiger partial charge in [-0.25, -0.2) is 4.98 Å². The molecular weight excluding hydrogens is 288 g/mol. The van der Waals surface area contributed by atoms with E-state index in [1.165, 1.54) is 0 Å². The van der Waals surface area contributed by atoms with Crippen LogP contribution in [0.4, 0.5) is 5.82 Å². The van der Waals surface area contributed by atoms with Crippen LogP contribution >= 0.6 is 0 Å². The van der Waals surface area contributed by atoms with E-state index in [1.54, 1.807) is 12.4 Å². The monoisotopic (exact) mass is 310 g/mol. The summed E-state index contributed by atoms with van der Waals surface area (Å²) in [6.07, 6.45) is 8.19. The van der Waals surface area contributed by atoms with Crippen molar-refractivity contribution in [2.24, 2.45) is 5.92 Å². The van der Waals surface area contributed by atoms with Crippen LogP contribution in [-0.2, 0) is 11.2 Å². The average Bonchev–Trinajstić information content (AvgIpc) is 2.63. The zero-order valence-electron chi connectivity index (χ0n) is 13.2. The summed E-state index contributed by atoms with van der Waals surface area (Å²) in [7, 11) is 0. The fraction of sp³-hybridized carbons (Fsp3) is 0.389. The molecule has 0 aromatic carbocycles. The Bertz CT molecular complexity index is 617. The Morgan fingerprint density at radius 3 is 3.00 bits per heavy atom. The summed E-state index contributed by atoms with van der Waals surface area (Å²) >= 11 is 0. The van der Waals surface area contributed by atoms with Gasteiger partial charge >= 0.3 is 0 Å². The average molecular weight is 310 g/mol. The fourth-order valence-corrected chi connectivity index (χ4v) is 2.96. The Hall–Kier alpha value is -2.43. The minimum absolute atomic E-state index is 0.0413. The Labute approximate surface area is 136 Å². The van der Waals surface area contributed by atoms with Crippen molar-refractivity contribution in [3.63, 3.8) is 0 Å². The van der Waals surface area contributed by atoms with Crippen molar-refractivity contribution < 1.29 is 4.79 Å². The van der Waals surface area contributed by atoms with Crippen molar-refractivity contribution >= 4 is 11.7 Å². The molecule has 0 radical (unpaired) electrons. The van der Waals surface area contributed by atoms with Crippen molar-refractivity contribution in [2.75, 3.05) is 24.5 Å². The first-order chi connectivity index (χ1) is 11.3. The third-order valence-electron chi connectivity index (χ3n) is 4.20. The second kappa shape index (κ2) is 7.72. The third kappa shape index (κ3) is 4.28. The largest absolute Gasteiger partial charge is 0.356 e. The van der Waals surface area contributed by atoms with Gasteiger partial charge in [-0.2, -0.15) is 0 Å². The molecule has 120 valence electrons. The number of carbonyl (C=O) groups excluding carboxylic acids is 1. The molecule has 2 aromatic heterocycles. The van der Waals surface area contributed by atoms with Gasteiger partial charge in [0.25, 0.3) is 0 Å². The lowest BCUT2D eigenvalue weighted by molar-refractivity contribution is -0.125. The predicted octanol–water partition coefficient (Wildman–Crippen LogP) is 2.05. The van der Waals surface area contributed by atoms with Gasteiger partial charge < -0.3 is 10.2 Å². The molecule has 0 saturated carbocycles. The molecule has 0 spiro atoms. The van der Waals surface area contributed by atoms with Gasteiger partial charge in [0.2, 0.25) is 5.91 Å². The number of pyridine rings is 2. The van der Waals surface area contributed by atoms with Crippen LogP contribution in [0.1, 0.15) is 18.4 Å². The minimum atomic E-state index is 0.0413. The van der Waals surface area contributed by atoms with Crippen LogP contribution in [0.5, 0.6) is 0 Å². The predicted molar refractivity (Wildman–Crippen MR) is 90.1 cm³/mol. The van der Waals surface area contributed by atoms with Gasteiger partial charge in [-0.15, -0.1) is 0 Å². The Balaban J connectivity index is 1.49. The van der Waals surface area contributed by atoms with Crippen molar-refractivity contribution in [3.8, 4) is 0 Å². The number of anilines is 1. The van der Waals surface area contributed by atoms with Gasteiger partial charge in [0.05, 0.1) is 5.92 Å². The highest BCUT2D eigenvalue weighted by molar-refractivity contribution is 5.79. The summed E-state index contributed by atoms with van der Waals surface area (Å²) in [6, 6.07) is 9.85. The van der Waals surface area contributed by atoms with E-state index in [2.05, 4.69) is 20.2 Å². The van der Waals surface area contributed by atoms with Gasteiger partial charge in [-0.05, 0) is 43.0 Å². The van der Waals surface area contributed by atoms with Crippen molar-refractivity contribution in [1.29, 1.82) is 0 Å². The first-order valence-corrected chi connectivity index (χ1v) is 8.15. The van der Waals surface area contributed by atoms with E-state index < -0.39 is 0 Å². The molecule has 1 atom stereocenters. The molecule has 1 aliphatic heterocycles. The second-order valence-corrected chi connectivity index (χ2v) is 5.88. The summed E-state index contributed by atoms with van der Waals surface area (Å²) in [6.45, 7) is 2.37. The van der Waals surface area contributed by atoms with E-state index in [0.29, 0.717) is 6.54 Å². The SMILES string of the molecule is O=C(NCCc1cccnc1)C1CCCN(c2ccccn2)C1. The highest BCUT2D eigenvalue weighted by atomic mass is 16.1. The summed E-state index contributed by atoms with van der Waals surface area (Å²) in [4.78, 5) is 23.1. The van der Waals surface area contributed by atoms with Gasteiger partial charge in [-0.3, -0.25) is 9.78 Å². The standard InChI is InChI=1S/C18H22N4O/c23-18(21-11-8-15-5-3-9-19-13-15)16-6-4-12-22(14-16)17-7-1-2-10-20-17/h1-3,5,7,9-10,13,16H,4,6,8,11-12,14H2,(H,21,23). The van der Waals surface area contributed by atoms with Crippen molar-refractivity contribution in [1.82, 2.24) is 15.3 Å². The summed E-state index contributed by atoms with van der Waals surface area (Å²) in [5.74, 6) is 1.15. The van der Waals surface area contributed by atoms with E-state index in [9.17, 15) is 4.79 Å². The van der Waals surface area contributed by atoms with E-state index in [0.717, 1.165) is 43.7 Å². The molecule has 3 heterocycles. The Kier molecular flexibility index (Phi) is 5.19. The normalized spacial score (nSPS) is 17.7. The number of hydrogen-bond acceptors (Lipinski definition) is 4. The molecule has 23 heavy (non-hydrogen) atoms. The zero-order valence-corrected chi connectivity index (χ0v) is 13.2. The summed E-state index contributed by atoms with van der Waals surface area (Å²) in [5, 5.41) is 3.06. The number of rotatable bonds is 5. The molecule has 0 aliphatic carbocycles. The number of hydrogen-bond donors (Lipinski definition) is 1. The maximum Gasteiger partial charge on any atom is 0.224 e. The lowest BCUT2D eigenvalue weighted by atomic mass is 9.97. The van der Waals surface area contributed by atoms with Crippen LogP contribution in [-0.4, -0.2) is 35.5 Å². The van der Waals surface area contributed by atoms with Crippen LogP contribution in [0.25, 0.3) is 0 Å². The number of aromatic nitrogens is 2. The molecular formula is C18H22N4O. The molecule has 2 aromatic rings. The molecule has 1 fully saturated rings. The zero-order chi connectivity index (χ0) is 15.9. The molecule has 1 amide bonds. The van der Waals surface area contributed by atoms with Gasteiger partial charge in [0.1, 0.15) is 5.82 Å². The maximum absolute atomic E-state index is 12.4. The molecule has 3 rings (SSSR count). The topological polar surface area (TPSA) is 58.1 Å². The molecule has 1 N–H and O–H groups in total. The highest BCUT2D eigenvalue weighted by Crippen LogP contribution is 2.21. The van der Waals surface area contributed by atoms with Crippen LogP contribution in [0, 0.1) is 5.92 Å². The molecule has 1 saturated heterocycles. The minimum Gasteiger partial charge on any atom is -0.356 e. The number of piperidine rings is 1. The molecule has 5 heteroatoms. The number of nitrogens with one attached hydrogen (secondary N) is 1. The number of carbonyl (C=O) groups is 1. The first kappa shape index (κ1) is 15.5. The van der Waals surface area contributed by atoms with Crippen LogP contribution < -0.4 is 10.2 Å². The summed E-state index contributed by atoms with van der Waals surface area (Å²) in [5.41, 5.74) is 1.14. The van der Waals surface area contributed by atoms with Gasteiger partial charge in [0.15, 0.2) is 0 Å². The summed E-state index contributed by atoms with van der Waals surface area (Å²) < 4.78 is 0.